The van der Waals surface area contributed by atoms with E-state index in [-0.39, 0.29) is 6.42 Å². The first kappa shape index (κ1) is 20.4. The number of nitrogens with zero attached hydrogens (tertiary/aromatic N) is 4. The Hall–Kier alpha value is -2.52. The molecule has 1 unspecified atom stereocenters. The third kappa shape index (κ3) is 4.57. The third-order valence-electron chi connectivity index (χ3n) is 6.26. The number of aliphatic hydroxyl groups excluding tert-OH is 1. The van der Waals surface area contributed by atoms with Crippen LogP contribution in [0.3, 0.4) is 0 Å². The normalized spacial score (nSPS) is 23.6. The van der Waals surface area contributed by atoms with Crippen LogP contribution in [0.4, 0.5) is 31.9 Å². The first-order valence-electron chi connectivity index (χ1n) is 11.0. The molecule has 5 rings (SSSR count). The molecule has 2 aliphatic heterocycles. The highest BCUT2D eigenvalue weighted by atomic mass is 19.3. The van der Waals surface area contributed by atoms with E-state index in [9.17, 15) is 13.9 Å². The van der Waals surface area contributed by atoms with Crippen molar-refractivity contribution in [3.63, 3.8) is 0 Å². The summed E-state index contributed by atoms with van der Waals surface area (Å²) in [5.41, 5.74) is 2.20. The van der Waals surface area contributed by atoms with Crippen molar-refractivity contribution >= 4 is 23.1 Å². The molecular formula is C22H28F2N6O. The molecule has 3 fully saturated rings. The fraction of sp³-hybridized carbons (Fsp3) is 0.545. The SMILES string of the molecule is OC1CCN(c2cc(N3CCNCC3)cc(Nc3ccc(C4CC4)cn3)n2)CC1(F)F. The Balaban J connectivity index is 1.42. The highest BCUT2D eigenvalue weighted by molar-refractivity contribution is 5.66. The lowest BCUT2D eigenvalue weighted by Crippen LogP contribution is -2.52. The van der Waals surface area contributed by atoms with Crippen LogP contribution in [0.5, 0.6) is 0 Å². The maximum Gasteiger partial charge on any atom is 0.290 e. The average Bonchev–Trinajstić information content (AvgIpc) is 3.62. The number of piperazine rings is 1. The van der Waals surface area contributed by atoms with Crippen molar-refractivity contribution < 1.29 is 13.9 Å². The summed E-state index contributed by atoms with van der Waals surface area (Å²) < 4.78 is 28.4. The molecule has 3 N–H and O–H groups in total. The number of hydrogen-bond acceptors (Lipinski definition) is 7. The van der Waals surface area contributed by atoms with Crippen molar-refractivity contribution in [2.75, 3.05) is 54.4 Å². The lowest BCUT2D eigenvalue weighted by atomic mass is 10.0. The predicted molar refractivity (Wildman–Crippen MR) is 117 cm³/mol. The highest BCUT2D eigenvalue weighted by Crippen LogP contribution is 2.40. The first-order chi connectivity index (χ1) is 15.0. The Bertz CT molecular complexity index is 915. The number of rotatable bonds is 5. The molecule has 0 radical (unpaired) electrons. The zero-order chi connectivity index (χ0) is 21.4. The van der Waals surface area contributed by atoms with Gasteiger partial charge in [-0.2, -0.15) is 0 Å². The maximum absolute atomic E-state index is 14.2. The molecule has 3 aliphatic rings. The average molecular weight is 431 g/mol. The smallest absolute Gasteiger partial charge is 0.290 e. The van der Waals surface area contributed by atoms with Gasteiger partial charge in [0.1, 0.15) is 23.6 Å². The van der Waals surface area contributed by atoms with E-state index >= 15 is 0 Å². The minimum atomic E-state index is -3.15. The molecule has 1 saturated carbocycles. The Morgan fingerprint density at radius 1 is 1.03 bits per heavy atom. The molecule has 0 aromatic carbocycles. The van der Waals surface area contributed by atoms with Crippen LogP contribution in [-0.2, 0) is 0 Å². The second kappa shape index (κ2) is 8.20. The van der Waals surface area contributed by atoms with E-state index in [0.717, 1.165) is 31.9 Å². The minimum absolute atomic E-state index is 0.0134. The summed E-state index contributed by atoms with van der Waals surface area (Å²) in [6.07, 6.45) is 2.75. The number of halogens is 2. The molecule has 9 heteroatoms. The predicted octanol–water partition coefficient (Wildman–Crippen LogP) is 2.71. The summed E-state index contributed by atoms with van der Waals surface area (Å²) in [4.78, 5) is 12.9. The molecule has 1 atom stereocenters. The van der Waals surface area contributed by atoms with Crippen molar-refractivity contribution in [3.05, 3.63) is 36.0 Å². The fourth-order valence-corrected chi connectivity index (χ4v) is 4.23. The van der Waals surface area contributed by atoms with Gasteiger partial charge in [-0.15, -0.1) is 0 Å². The van der Waals surface area contributed by atoms with E-state index in [0.29, 0.717) is 29.9 Å². The van der Waals surface area contributed by atoms with Crippen molar-refractivity contribution in [1.29, 1.82) is 0 Å². The molecular weight excluding hydrogens is 402 g/mol. The number of aromatic nitrogens is 2. The molecule has 0 amide bonds. The van der Waals surface area contributed by atoms with E-state index in [2.05, 4.69) is 31.6 Å². The van der Waals surface area contributed by atoms with Crippen molar-refractivity contribution in [3.8, 4) is 0 Å². The van der Waals surface area contributed by atoms with E-state index in [1.807, 2.05) is 24.4 Å². The van der Waals surface area contributed by atoms with Crippen LogP contribution >= 0.6 is 0 Å². The monoisotopic (exact) mass is 430 g/mol. The van der Waals surface area contributed by atoms with Gasteiger partial charge in [-0.25, -0.2) is 18.7 Å². The van der Waals surface area contributed by atoms with Crippen molar-refractivity contribution in [1.82, 2.24) is 15.3 Å². The molecule has 0 bridgehead atoms. The van der Waals surface area contributed by atoms with Crippen LogP contribution in [0.1, 0.15) is 30.7 Å². The van der Waals surface area contributed by atoms with Crippen molar-refractivity contribution in [2.24, 2.45) is 0 Å². The van der Waals surface area contributed by atoms with Gasteiger partial charge in [-0.3, -0.25) is 0 Å². The second-order valence-corrected chi connectivity index (χ2v) is 8.67. The Morgan fingerprint density at radius 2 is 1.84 bits per heavy atom. The van der Waals surface area contributed by atoms with Gasteiger partial charge in [0, 0.05) is 56.7 Å². The zero-order valence-electron chi connectivity index (χ0n) is 17.4. The van der Waals surface area contributed by atoms with E-state index in [1.165, 1.54) is 18.4 Å². The lowest BCUT2D eigenvalue weighted by Gasteiger charge is -2.37. The summed E-state index contributed by atoms with van der Waals surface area (Å²) in [7, 11) is 0. The Kier molecular flexibility index (Phi) is 5.39. The van der Waals surface area contributed by atoms with Gasteiger partial charge >= 0.3 is 0 Å². The number of piperidine rings is 1. The molecule has 2 aromatic rings. The van der Waals surface area contributed by atoms with E-state index in [4.69, 9.17) is 0 Å². The van der Waals surface area contributed by atoms with Gasteiger partial charge in [0.05, 0.1) is 6.54 Å². The molecule has 7 nitrogen and oxygen atoms in total. The van der Waals surface area contributed by atoms with E-state index < -0.39 is 18.6 Å². The molecule has 4 heterocycles. The molecule has 31 heavy (non-hydrogen) atoms. The van der Waals surface area contributed by atoms with Gasteiger partial charge in [0.2, 0.25) is 0 Å². The Morgan fingerprint density at radius 3 is 2.52 bits per heavy atom. The number of alkyl halides is 2. The maximum atomic E-state index is 14.2. The highest BCUT2D eigenvalue weighted by Gasteiger charge is 2.44. The van der Waals surface area contributed by atoms with Gasteiger partial charge in [0.15, 0.2) is 0 Å². The second-order valence-electron chi connectivity index (χ2n) is 8.67. The zero-order valence-corrected chi connectivity index (χ0v) is 17.4. The summed E-state index contributed by atoms with van der Waals surface area (Å²) in [5.74, 6) is -0.774. The van der Waals surface area contributed by atoms with Crippen molar-refractivity contribution in [2.45, 2.75) is 37.2 Å². The largest absolute Gasteiger partial charge is 0.387 e. The quantitative estimate of drug-likeness (QED) is 0.673. The topological polar surface area (TPSA) is 76.6 Å². The number of anilines is 4. The lowest BCUT2D eigenvalue weighted by molar-refractivity contribution is -0.113. The van der Waals surface area contributed by atoms with Crippen LogP contribution in [0, 0.1) is 0 Å². The van der Waals surface area contributed by atoms with Gasteiger partial charge in [0.25, 0.3) is 5.92 Å². The van der Waals surface area contributed by atoms with Crippen LogP contribution < -0.4 is 20.4 Å². The summed E-state index contributed by atoms with van der Waals surface area (Å²) >= 11 is 0. The molecule has 1 aliphatic carbocycles. The molecule has 2 aromatic heterocycles. The van der Waals surface area contributed by atoms with Crippen LogP contribution in [0.25, 0.3) is 0 Å². The van der Waals surface area contributed by atoms with Crippen LogP contribution in [-0.4, -0.2) is 66.4 Å². The summed E-state index contributed by atoms with van der Waals surface area (Å²) in [6, 6.07) is 7.84. The van der Waals surface area contributed by atoms with Gasteiger partial charge in [-0.05, 0) is 36.8 Å². The minimum Gasteiger partial charge on any atom is -0.387 e. The summed E-state index contributed by atoms with van der Waals surface area (Å²) in [6.45, 7) is 3.22. The number of hydrogen-bond donors (Lipinski definition) is 3. The van der Waals surface area contributed by atoms with E-state index in [1.54, 1.807) is 4.90 Å². The van der Waals surface area contributed by atoms with Gasteiger partial charge in [-0.1, -0.05) is 6.07 Å². The van der Waals surface area contributed by atoms with Crippen LogP contribution in [0.2, 0.25) is 0 Å². The third-order valence-corrected chi connectivity index (χ3v) is 6.26. The summed E-state index contributed by atoms with van der Waals surface area (Å²) in [5, 5.41) is 16.2. The number of nitrogens with one attached hydrogen (secondary N) is 2. The fourth-order valence-electron chi connectivity index (χ4n) is 4.23. The first-order valence-corrected chi connectivity index (χ1v) is 11.0. The standard InChI is InChI=1S/C22H28F2N6O/c23-22(24)14-30(8-5-18(22)31)21-12-17(29-9-6-25-7-10-29)11-20(28-21)27-19-4-3-16(13-26-19)15-1-2-15/h3-4,11-13,15,18,25,31H,1-2,5-10,14H2,(H,26,27,28). The molecule has 2 saturated heterocycles. The Labute approximate surface area is 180 Å². The van der Waals surface area contributed by atoms with Gasteiger partial charge < -0.3 is 25.5 Å². The van der Waals surface area contributed by atoms with Crippen LogP contribution in [0.15, 0.2) is 30.5 Å². The number of aliphatic hydroxyl groups is 1. The number of pyridine rings is 2. The molecule has 0 spiro atoms. The molecule has 166 valence electrons.